The summed E-state index contributed by atoms with van der Waals surface area (Å²) in [5.74, 6) is 0.251. The van der Waals surface area contributed by atoms with E-state index >= 15 is 0 Å². The summed E-state index contributed by atoms with van der Waals surface area (Å²) in [5.41, 5.74) is 0.117. The molecule has 3 heteroatoms. The van der Waals surface area contributed by atoms with Crippen LogP contribution in [0.3, 0.4) is 0 Å². The maximum Gasteiger partial charge on any atom is 0.222 e. The molecule has 0 bridgehead atoms. The average Bonchev–Trinajstić information content (AvgIpc) is 2.39. The van der Waals surface area contributed by atoms with Gasteiger partial charge in [-0.2, -0.15) is 0 Å². The van der Waals surface area contributed by atoms with E-state index in [1.54, 1.807) is 0 Å². The highest BCUT2D eigenvalue weighted by molar-refractivity contribution is 5.78. The number of hydrogen-bond donors (Lipinski definition) is 2. The molecule has 0 aromatic heterocycles. The Labute approximate surface area is 117 Å². The van der Waals surface area contributed by atoms with Gasteiger partial charge in [-0.3, -0.25) is 4.79 Å². The van der Waals surface area contributed by atoms with E-state index in [2.05, 4.69) is 17.6 Å². The number of carbonyl (C=O) groups is 1. The summed E-state index contributed by atoms with van der Waals surface area (Å²) in [6.45, 7) is 2.22. The molecule has 2 aliphatic rings. The maximum atomic E-state index is 12.4. The Morgan fingerprint density at radius 2 is 1.47 bits per heavy atom. The van der Waals surface area contributed by atoms with Crippen molar-refractivity contribution in [3.63, 3.8) is 0 Å². The molecule has 1 amide bonds. The van der Waals surface area contributed by atoms with E-state index < -0.39 is 0 Å². The second kappa shape index (κ2) is 6.25. The number of rotatable bonds is 4. The number of amides is 1. The van der Waals surface area contributed by atoms with Gasteiger partial charge >= 0.3 is 0 Å². The highest BCUT2D eigenvalue weighted by Gasteiger charge is 2.35. The molecule has 0 radical (unpaired) electrons. The van der Waals surface area contributed by atoms with E-state index in [1.165, 1.54) is 38.5 Å². The molecule has 2 N–H and O–H groups in total. The molecule has 0 aliphatic heterocycles. The van der Waals surface area contributed by atoms with Crippen LogP contribution >= 0.6 is 0 Å². The van der Waals surface area contributed by atoms with E-state index in [0.717, 1.165) is 25.7 Å². The van der Waals surface area contributed by atoms with Crippen molar-refractivity contribution in [2.45, 2.75) is 88.6 Å². The molecule has 0 atom stereocenters. The Morgan fingerprint density at radius 1 is 0.947 bits per heavy atom. The van der Waals surface area contributed by atoms with Gasteiger partial charge in [-0.05, 0) is 39.7 Å². The molecule has 0 unspecified atom stereocenters. The molecule has 2 rings (SSSR count). The summed E-state index contributed by atoms with van der Waals surface area (Å²) >= 11 is 0. The molecular formula is C16H30N2O. The van der Waals surface area contributed by atoms with Crippen molar-refractivity contribution in [2.24, 2.45) is 0 Å². The lowest BCUT2D eigenvalue weighted by molar-refractivity contribution is -0.125. The quantitative estimate of drug-likeness (QED) is 0.821. The van der Waals surface area contributed by atoms with Gasteiger partial charge in [0.1, 0.15) is 0 Å². The van der Waals surface area contributed by atoms with Gasteiger partial charge in [0.15, 0.2) is 0 Å². The Kier molecular flexibility index (Phi) is 4.88. The summed E-state index contributed by atoms with van der Waals surface area (Å²) in [6.07, 6.45) is 12.9. The SMILES string of the molecule is CNC1(CC(=O)NC2(C)CCCCC2)CCCCC1. The number of hydrogen-bond acceptors (Lipinski definition) is 2. The predicted octanol–water partition coefficient (Wildman–Crippen LogP) is 3.14. The molecule has 0 saturated heterocycles. The summed E-state index contributed by atoms with van der Waals surface area (Å²) in [7, 11) is 2.01. The van der Waals surface area contributed by atoms with E-state index in [-0.39, 0.29) is 17.0 Å². The molecule has 0 spiro atoms. The second-order valence-corrected chi connectivity index (χ2v) is 6.94. The minimum Gasteiger partial charge on any atom is -0.351 e. The molecular weight excluding hydrogens is 236 g/mol. The molecule has 0 aromatic carbocycles. The van der Waals surface area contributed by atoms with Crippen molar-refractivity contribution in [1.29, 1.82) is 0 Å². The summed E-state index contributed by atoms with van der Waals surface area (Å²) in [4.78, 5) is 12.4. The van der Waals surface area contributed by atoms with Crippen molar-refractivity contribution in [3.05, 3.63) is 0 Å². The average molecular weight is 266 g/mol. The van der Waals surface area contributed by atoms with Gasteiger partial charge < -0.3 is 10.6 Å². The zero-order valence-electron chi connectivity index (χ0n) is 12.7. The number of nitrogens with one attached hydrogen (secondary N) is 2. The fourth-order valence-corrected chi connectivity index (χ4v) is 3.89. The van der Waals surface area contributed by atoms with Gasteiger partial charge in [-0.1, -0.05) is 38.5 Å². The van der Waals surface area contributed by atoms with Crippen LogP contribution in [0.5, 0.6) is 0 Å². The first-order valence-corrected chi connectivity index (χ1v) is 8.08. The third-order valence-corrected chi connectivity index (χ3v) is 5.24. The molecule has 2 saturated carbocycles. The van der Waals surface area contributed by atoms with Crippen molar-refractivity contribution in [1.82, 2.24) is 10.6 Å². The monoisotopic (exact) mass is 266 g/mol. The van der Waals surface area contributed by atoms with Crippen LogP contribution < -0.4 is 10.6 Å². The van der Waals surface area contributed by atoms with Crippen LogP contribution in [0.15, 0.2) is 0 Å². The van der Waals surface area contributed by atoms with Crippen LogP contribution in [-0.2, 0) is 4.79 Å². The van der Waals surface area contributed by atoms with Crippen LogP contribution in [-0.4, -0.2) is 24.0 Å². The minimum atomic E-state index is 0.0545. The molecule has 2 fully saturated rings. The lowest BCUT2D eigenvalue weighted by Crippen LogP contribution is -2.53. The van der Waals surface area contributed by atoms with E-state index in [1.807, 2.05) is 7.05 Å². The highest BCUT2D eigenvalue weighted by atomic mass is 16.1. The molecule has 2 aliphatic carbocycles. The zero-order valence-corrected chi connectivity index (χ0v) is 12.7. The summed E-state index contributed by atoms with van der Waals surface area (Å²) in [5, 5.41) is 6.76. The van der Waals surface area contributed by atoms with Crippen LogP contribution in [0.2, 0.25) is 0 Å². The third kappa shape index (κ3) is 3.95. The van der Waals surface area contributed by atoms with E-state index in [4.69, 9.17) is 0 Å². The first kappa shape index (κ1) is 14.8. The minimum absolute atomic E-state index is 0.0545. The Morgan fingerprint density at radius 3 is 2.00 bits per heavy atom. The normalized spacial score (nSPS) is 25.8. The van der Waals surface area contributed by atoms with Gasteiger partial charge in [0.25, 0.3) is 0 Å². The van der Waals surface area contributed by atoms with Crippen LogP contribution in [0.25, 0.3) is 0 Å². The van der Waals surface area contributed by atoms with Gasteiger partial charge in [0.2, 0.25) is 5.91 Å². The van der Waals surface area contributed by atoms with Crippen LogP contribution in [0.1, 0.15) is 77.6 Å². The van der Waals surface area contributed by atoms with Gasteiger partial charge in [-0.25, -0.2) is 0 Å². The summed E-state index contributed by atoms with van der Waals surface area (Å²) < 4.78 is 0. The van der Waals surface area contributed by atoms with Gasteiger partial charge in [-0.15, -0.1) is 0 Å². The topological polar surface area (TPSA) is 41.1 Å². The fraction of sp³-hybridized carbons (Fsp3) is 0.938. The second-order valence-electron chi connectivity index (χ2n) is 6.94. The largest absolute Gasteiger partial charge is 0.351 e. The Bertz CT molecular complexity index is 302. The van der Waals surface area contributed by atoms with Crippen molar-refractivity contribution in [2.75, 3.05) is 7.05 Å². The molecule has 19 heavy (non-hydrogen) atoms. The third-order valence-electron chi connectivity index (χ3n) is 5.24. The first-order valence-electron chi connectivity index (χ1n) is 8.08. The lowest BCUT2D eigenvalue weighted by atomic mass is 9.78. The van der Waals surface area contributed by atoms with Crippen molar-refractivity contribution >= 4 is 5.91 Å². The van der Waals surface area contributed by atoms with Gasteiger partial charge in [0.05, 0.1) is 0 Å². The van der Waals surface area contributed by atoms with E-state index in [0.29, 0.717) is 6.42 Å². The van der Waals surface area contributed by atoms with Crippen molar-refractivity contribution < 1.29 is 4.79 Å². The standard InChI is InChI=1S/C16H30N2O/c1-15(9-5-3-6-10-15)18-14(19)13-16(17-2)11-7-4-8-12-16/h17H,3-13H2,1-2H3,(H,18,19). The van der Waals surface area contributed by atoms with E-state index in [9.17, 15) is 4.79 Å². The zero-order chi connectivity index (χ0) is 13.8. The number of carbonyl (C=O) groups excluding carboxylic acids is 1. The highest BCUT2D eigenvalue weighted by Crippen LogP contribution is 2.32. The Balaban J connectivity index is 1.88. The van der Waals surface area contributed by atoms with Crippen LogP contribution in [0.4, 0.5) is 0 Å². The lowest BCUT2D eigenvalue weighted by Gasteiger charge is -2.39. The molecule has 3 nitrogen and oxygen atoms in total. The molecule has 0 heterocycles. The Hall–Kier alpha value is -0.570. The predicted molar refractivity (Wildman–Crippen MR) is 79.1 cm³/mol. The van der Waals surface area contributed by atoms with Gasteiger partial charge in [0, 0.05) is 17.5 Å². The van der Waals surface area contributed by atoms with Crippen LogP contribution in [0, 0.1) is 0 Å². The first-order chi connectivity index (χ1) is 9.08. The molecule has 110 valence electrons. The summed E-state index contributed by atoms with van der Waals surface area (Å²) in [6, 6.07) is 0. The maximum absolute atomic E-state index is 12.4. The molecule has 0 aromatic rings. The fourth-order valence-electron chi connectivity index (χ4n) is 3.89. The smallest absolute Gasteiger partial charge is 0.222 e. The van der Waals surface area contributed by atoms with Crippen molar-refractivity contribution in [3.8, 4) is 0 Å².